The summed E-state index contributed by atoms with van der Waals surface area (Å²) in [5, 5.41) is 2.98. The molecule has 7 heteroatoms. The number of amides is 2. The first-order chi connectivity index (χ1) is 12.2. The number of rotatable bonds is 6. The summed E-state index contributed by atoms with van der Waals surface area (Å²) in [6.07, 6.45) is 10.2. The first-order valence-corrected chi connectivity index (χ1v) is 8.73. The second-order valence-corrected chi connectivity index (χ2v) is 6.38. The maximum absolute atomic E-state index is 12.3. The third kappa shape index (κ3) is 4.79. The third-order valence-electron chi connectivity index (χ3n) is 4.61. The summed E-state index contributed by atoms with van der Waals surface area (Å²) in [5.41, 5.74) is 0.951. The highest BCUT2D eigenvalue weighted by Gasteiger charge is 2.16. The molecule has 3 rings (SSSR count). The Kier molecular flexibility index (Phi) is 6.00. The molecule has 0 saturated carbocycles. The van der Waals surface area contributed by atoms with Crippen LogP contribution in [-0.2, 0) is 11.3 Å². The number of carbonyl (C=O) groups is 1. The van der Waals surface area contributed by atoms with Gasteiger partial charge in [0, 0.05) is 57.5 Å². The summed E-state index contributed by atoms with van der Waals surface area (Å²) < 4.78 is 7.22. The van der Waals surface area contributed by atoms with Crippen LogP contribution in [0.25, 0.3) is 5.82 Å². The van der Waals surface area contributed by atoms with E-state index in [-0.39, 0.29) is 6.03 Å². The van der Waals surface area contributed by atoms with E-state index in [2.05, 4.69) is 15.3 Å². The van der Waals surface area contributed by atoms with Gasteiger partial charge in [0.25, 0.3) is 0 Å². The van der Waals surface area contributed by atoms with E-state index in [0.717, 1.165) is 50.4 Å². The summed E-state index contributed by atoms with van der Waals surface area (Å²) >= 11 is 0. The number of imidazole rings is 1. The highest BCUT2D eigenvalue weighted by Crippen LogP contribution is 2.18. The number of aromatic nitrogens is 3. The Hall–Kier alpha value is -2.41. The molecule has 1 aliphatic rings. The Morgan fingerprint density at radius 3 is 3.00 bits per heavy atom. The smallest absolute Gasteiger partial charge is 0.317 e. The molecular formula is C18H25N5O2. The van der Waals surface area contributed by atoms with E-state index in [1.807, 2.05) is 29.9 Å². The molecule has 0 spiro atoms. The lowest BCUT2D eigenvalue weighted by molar-refractivity contribution is 0.0619. The number of nitrogens with zero attached hydrogens (tertiary/aromatic N) is 4. The van der Waals surface area contributed by atoms with Gasteiger partial charge in [-0.1, -0.05) is 6.07 Å². The number of ether oxygens (including phenoxy) is 1. The van der Waals surface area contributed by atoms with Gasteiger partial charge >= 0.3 is 6.03 Å². The van der Waals surface area contributed by atoms with Crippen molar-refractivity contribution in [2.75, 3.05) is 26.8 Å². The minimum absolute atomic E-state index is 0.0625. The first kappa shape index (κ1) is 17.4. The topological polar surface area (TPSA) is 72.3 Å². The number of hydrogen-bond donors (Lipinski definition) is 1. The highest BCUT2D eigenvalue weighted by atomic mass is 16.5. The average Bonchev–Trinajstić information content (AvgIpc) is 3.20. The second kappa shape index (κ2) is 8.62. The molecule has 134 valence electrons. The molecule has 0 aliphatic carbocycles. The van der Waals surface area contributed by atoms with Crippen LogP contribution in [0.4, 0.5) is 4.79 Å². The van der Waals surface area contributed by atoms with E-state index >= 15 is 0 Å². The Morgan fingerprint density at radius 2 is 2.24 bits per heavy atom. The molecule has 25 heavy (non-hydrogen) atoms. The van der Waals surface area contributed by atoms with Crippen molar-refractivity contribution in [2.45, 2.75) is 25.8 Å². The summed E-state index contributed by atoms with van der Waals surface area (Å²) in [6, 6.07) is 3.77. The standard InChI is InChI=1S/C18H25N5O2/c1-22(9-4-15-5-11-25-12-6-15)18(24)21-13-16-3-2-7-20-17(16)23-10-8-19-14-23/h2-3,7-8,10,14-15H,4-6,9,11-13H2,1H3,(H,21,24). The molecular weight excluding hydrogens is 318 g/mol. The fourth-order valence-electron chi connectivity index (χ4n) is 3.00. The number of carbonyl (C=O) groups excluding carboxylic acids is 1. The fourth-order valence-corrected chi connectivity index (χ4v) is 3.00. The van der Waals surface area contributed by atoms with Crippen molar-refractivity contribution >= 4 is 6.03 Å². The third-order valence-corrected chi connectivity index (χ3v) is 4.61. The molecule has 7 nitrogen and oxygen atoms in total. The molecule has 2 amide bonds. The van der Waals surface area contributed by atoms with E-state index in [9.17, 15) is 4.79 Å². The van der Waals surface area contributed by atoms with Crippen LogP contribution >= 0.6 is 0 Å². The monoisotopic (exact) mass is 343 g/mol. The zero-order chi connectivity index (χ0) is 17.5. The van der Waals surface area contributed by atoms with E-state index in [1.54, 1.807) is 23.6 Å². The van der Waals surface area contributed by atoms with Crippen LogP contribution < -0.4 is 5.32 Å². The van der Waals surface area contributed by atoms with Crippen LogP contribution in [0.5, 0.6) is 0 Å². The van der Waals surface area contributed by atoms with Crippen LogP contribution in [0, 0.1) is 5.92 Å². The van der Waals surface area contributed by atoms with Gasteiger partial charge in [-0.15, -0.1) is 0 Å². The van der Waals surface area contributed by atoms with E-state index in [0.29, 0.717) is 12.5 Å². The van der Waals surface area contributed by atoms with Crippen LogP contribution in [0.15, 0.2) is 37.1 Å². The lowest BCUT2D eigenvalue weighted by atomic mass is 9.96. The van der Waals surface area contributed by atoms with Crippen molar-refractivity contribution in [3.05, 3.63) is 42.6 Å². The second-order valence-electron chi connectivity index (χ2n) is 6.38. The molecule has 0 atom stereocenters. The minimum atomic E-state index is -0.0625. The van der Waals surface area contributed by atoms with Crippen LogP contribution in [0.2, 0.25) is 0 Å². The van der Waals surface area contributed by atoms with E-state index < -0.39 is 0 Å². The van der Waals surface area contributed by atoms with Gasteiger partial charge in [-0.05, 0) is 31.2 Å². The number of urea groups is 1. The predicted octanol–water partition coefficient (Wildman–Crippen LogP) is 2.23. The SMILES string of the molecule is CN(CCC1CCOCC1)C(=O)NCc1cccnc1-n1ccnc1. The lowest BCUT2D eigenvalue weighted by Gasteiger charge is -2.25. The van der Waals surface area contributed by atoms with Crippen molar-refractivity contribution in [2.24, 2.45) is 5.92 Å². The van der Waals surface area contributed by atoms with Crippen LogP contribution in [-0.4, -0.2) is 52.3 Å². The molecule has 0 bridgehead atoms. The molecule has 1 aliphatic heterocycles. The summed E-state index contributed by atoms with van der Waals surface area (Å²) in [6.45, 7) is 2.89. The zero-order valence-corrected chi connectivity index (χ0v) is 14.6. The van der Waals surface area contributed by atoms with Gasteiger partial charge < -0.3 is 15.0 Å². The highest BCUT2D eigenvalue weighted by molar-refractivity contribution is 5.73. The van der Waals surface area contributed by atoms with E-state index in [1.165, 1.54) is 0 Å². The fraction of sp³-hybridized carbons (Fsp3) is 0.500. The van der Waals surface area contributed by atoms with Gasteiger partial charge in [0.05, 0.1) is 0 Å². The molecule has 1 N–H and O–H groups in total. The number of pyridine rings is 1. The van der Waals surface area contributed by atoms with Crippen LogP contribution in [0.1, 0.15) is 24.8 Å². The van der Waals surface area contributed by atoms with Gasteiger partial charge in [-0.25, -0.2) is 14.8 Å². The van der Waals surface area contributed by atoms with Gasteiger partial charge in [0.2, 0.25) is 0 Å². The Labute approximate surface area is 148 Å². The van der Waals surface area contributed by atoms with Crippen molar-refractivity contribution < 1.29 is 9.53 Å². The van der Waals surface area contributed by atoms with Crippen molar-refractivity contribution in [3.63, 3.8) is 0 Å². The molecule has 1 saturated heterocycles. The van der Waals surface area contributed by atoms with Crippen molar-refractivity contribution in [3.8, 4) is 5.82 Å². The summed E-state index contributed by atoms with van der Waals surface area (Å²) in [7, 11) is 1.84. The van der Waals surface area contributed by atoms with Crippen molar-refractivity contribution in [1.29, 1.82) is 0 Å². The van der Waals surface area contributed by atoms with Gasteiger partial charge in [0.1, 0.15) is 12.1 Å². The summed E-state index contributed by atoms with van der Waals surface area (Å²) in [5.74, 6) is 1.44. The largest absolute Gasteiger partial charge is 0.381 e. The molecule has 2 aromatic rings. The van der Waals surface area contributed by atoms with E-state index in [4.69, 9.17) is 4.74 Å². The quantitative estimate of drug-likeness (QED) is 0.873. The first-order valence-electron chi connectivity index (χ1n) is 8.73. The Balaban J connectivity index is 1.50. The molecule has 2 aromatic heterocycles. The van der Waals surface area contributed by atoms with Gasteiger partial charge in [-0.3, -0.25) is 4.57 Å². The maximum Gasteiger partial charge on any atom is 0.317 e. The van der Waals surface area contributed by atoms with Crippen molar-refractivity contribution in [1.82, 2.24) is 24.8 Å². The maximum atomic E-state index is 12.3. The Bertz CT molecular complexity index is 668. The number of nitrogens with one attached hydrogen (secondary N) is 1. The van der Waals surface area contributed by atoms with Crippen LogP contribution in [0.3, 0.4) is 0 Å². The minimum Gasteiger partial charge on any atom is -0.381 e. The normalized spacial score (nSPS) is 15.1. The molecule has 0 unspecified atom stereocenters. The van der Waals surface area contributed by atoms with Gasteiger partial charge in [-0.2, -0.15) is 0 Å². The average molecular weight is 343 g/mol. The summed E-state index contributed by atoms with van der Waals surface area (Å²) in [4.78, 5) is 22.5. The molecule has 3 heterocycles. The van der Waals surface area contributed by atoms with Gasteiger partial charge in [0.15, 0.2) is 0 Å². The molecule has 0 aromatic carbocycles. The molecule has 0 radical (unpaired) electrons. The number of hydrogen-bond acceptors (Lipinski definition) is 4. The zero-order valence-electron chi connectivity index (χ0n) is 14.6. The molecule has 1 fully saturated rings. The lowest BCUT2D eigenvalue weighted by Crippen LogP contribution is -2.38. The predicted molar refractivity (Wildman–Crippen MR) is 94.4 cm³/mol. The Morgan fingerprint density at radius 1 is 1.40 bits per heavy atom.